The first kappa shape index (κ1) is 23.4. The molecule has 3 heteroatoms. The van der Waals surface area contributed by atoms with Crippen LogP contribution in [-0.2, 0) is 13.0 Å². The first-order valence-electron chi connectivity index (χ1n) is 12.8. The van der Waals surface area contributed by atoms with E-state index in [0.717, 1.165) is 31.8 Å². The largest absolute Gasteiger partial charge is 0.497 e. The molecule has 0 aromatic heterocycles. The summed E-state index contributed by atoms with van der Waals surface area (Å²) in [6.07, 6.45) is 1.02. The van der Waals surface area contributed by atoms with Gasteiger partial charge in [0.1, 0.15) is 5.75 Å². The van der Waals surface area contributed by atoms with Crippen molar-refractivity contribution in [1.29, 1.82) is 0 Å². The Bertz CT molecular complexity index is 1240. The minimum absolute atomic E-state index is 0.401. The third-order valence-corrected chi connectivity index (χ3v) is 7.32. The van der Waals surface area contributed by atoms with Crippen molar-refractivity contribution >= 4 is 16.5 Å². The van der Waals surface area contributed by atoms with Gasteiger partial charge in [-0.25, -0.2) is 0 Å². The number of nitrogens with zero attached hydrogens (tertiary/aromatic N) is 2. The van der Waals surface area contributed by atoms with Crippen molar-refractivity contribution in [2.24, 2.45) is 5.92 Å². The maximum atomic E-state index is 5.42. The van der Waals surface area contributed by atoms with E-state index in [2.05, 4.69) is 121 Å². The molecule has 3 nitrogen and oxygen atoms in total. The standard InChI is InChI=1S/C32H36N2O/c1-24(2)32-23-33(21-25-10-6-4-7-11-25)22-30(34(32)29-12-8-5-9-13-29)19-26-14-15-28-20-31(35-3)17-16-27(28)18-26/h4-18,20,24,30,32H,19,21-23H2,1-3H3/t30-,32-/m1/s1. The predicted octanol–water partition coefficient (Wildman–Crippen LogP) is 6.81. The Morgan fingerprint density at radius 1 is 0.771 bits per heavy atom. The fraction of sp³-hybridized carbons (Fsp3) is 0.312. The van der Waals surface area contributed by atoms with E-state index >= 15 is 0 Å². The molecule has 1 saturated heterocycles. The van der Waals surface area contributed by atoms with E-state index in [4.69, 9.17) is 4.74 Å². The molecule has 1 aliphatic rings. The van der Waals surface area contributed by atoms with Gasteiger partial charge in [-0.1, -0.05) is 86.6 Å². The van der Waals surface area contributed by atoms with Gasteiger partial charge in [-0.3, -0.25) is 4.90 Å². The van der Waals surface area contributed by atoms with E-state index in [1.807, 2.05) is 0 Å². The van der Waals surface area contributed by atoms with E-state index < -0.39 is 0 Å². The molecule has 4 aromatic carbocycles. The Hall–Kier alpha value is -3.30. The van der Waals surface area contributed by atoms with Gasteiger partial charge in [0, 0.05) is 37.4 Å². The summed E-state index contributed by atoms with van der Waals surface area (Å²) < 4.78 is 5.42. The summed E-state index contributed by atoms with van der Waals surface area (Å²) in [5.41, 5.74) is 4.11. The number of rotatable bonds is 7. The molecule has 1 aliphatic heterocycles. The molecule has 180 valence electrons. The van der Waals surface area contributed by atoms with E-state index in [1.54, 1.807) is 7.11 Å². The van der Waals surface area contributed by atoms with Crippen LogP contribution in [0, 0.1) is 5.92 Å². The second-order valence-electron chi connectivity index (χ2n) is 10.1. The number of para-hydroxylation sites is 1. The average molecular weight is 465 g/mol. The fourth-order valence-corrected chi connectivity index (χ4v) is 5.55. The molecule has 0 radical (unpaired) electrons. The van der Waals surface area contributed by atoms with Gasteiger partial charge in [0.2, 0.25) is 0 Å². The summed E-state index contributed by atoms with van der Waals surface area (Å²) in [6.45, 7) is 7.87. The summed E-state index contributed by atoms with van der Waals surface area (Å²) in [6, 6.07) is 36.0. The molecule has 4 aromatic rings. The van der Waals surface area contributed by atoms with Gasteiger partial charge in [0.05, 0.1) is 7.11 Å². The van der Waals surface area contributed by atoms with E-state index in [1.165, 1.54) is 27.6 Å². The number of ether oxygens (including phenoxy) is 1. The van der Waals surface area contributed by atoms with E-state index in [0.29, 0.717) is 18.0 Å². The first-order chi connectivity index (χ1) is 17.1. The van der Waals surface area contributed by atoms with Crippen molar-refractivity contribution in [3.8, 4) is 5.75 Å². The molecule has 0 N–H and O–H groups in total. The van der Waals surface area contributed by atoms with Crippen LogP contribution < -0.4 is 9.64 Å². The topological polar surface area (TPSA) is 15.7 Å². The highest BCUT2D eigenvalue weighted by Crippen LogP contribution is 2.31. The van der Waals surface area contributed by atoms with Crippen molar-refractivity contribution in [1.82, 2.24) is 4.90 Å². The Kier molecular flexibility index (Phi) is 7.06. The van der Waals surface area contributed by atoms with Crippen molar-refractivity contribution in [2.75, 3.05) is 25.1 Å². The lowest BCUT2D eigenvalue weighted by Crippen LogP contribution is -2.61. The third-order valence-electron chi connectivity index (χ3n) is 7.32. The number of piperazine rings is 1. The Balaban J connectivity index is 1.47. The van der Waals surface area contributed by atoms with Gasteiger partial charge in [0.15, 0.2) is 0 Å². The van der Waals surface area contributed by atoms with Crippen LogP contribution in [0.5, 0.6) is 5.75 Å². The molecular formula is C32H36N2O. The van der Waals surface area contributed by atoms with Crippen LogP contribution in [0.1, 0.15) is 25.0 Å². The van der Waals surface area contributed by atoms with Crippen molar-refractivity contribution in [2.45, 2.75) is 38.9 Å². The van der Waals surface area contributed by atoms with Crippen molar-refractivity contribution < 1.29 is 4.74 Å². The second-order valence-corrected chi connectivity index (χ2v) is 10.1. The van der Waals surface area contributed by atoms with Gasteiger partial charge in [-0.15, -0.1) is 0 Å². The normalized spacial score (nSPS) is 18.8. The number of anilines is 1. The Morgan fingerprint density at radius 3 is 2.17 bits per heavy atom. The van der Waals surface area contributed by atoms with E-state index in [-0.39, 0.29) is 0 Å². The van der Waals surface area contributed by atoms with Gasteiger partial charge in [0.25, 0.3) is 0 Å². The highest BCUT2D eigenvalue weighted by Gasteiger charge is 2.36. The maximum Gasteiger partial charge on any atom is 0.119 e. The molecule has 1 fully saturated rings. The number of hydrogen-bond donors (Lipinski definition) is 0. The second kappa shape index (κ2) is 10.5. The van der Waals surface area contributed by atoms with Gasteiger partial charge >= 0.3 is 0 Å². The van der Waals surface area contributed by atoms with Crippen molar-refractivity contribution in [3.63, 3.8) is 0 Å². The minimum Gasteiger partial charge on any atom is -0.497 e. The molecule has 0 aliphatic carbocycles. The molecule has 0 unspecified atom stereocenters. The molecule has 0 amide bonds. The predicted molar refractivity (Wildman–Crippen MR) is 147 cm³/mol. The maximum absolute atomic E-state index is 5.42. The number of fused-ring (bicyclic) bond motifs is 1. The zero-order valence-corrected chi connectivity index (χ0v) is 21.1. The monoisotopic (exact) mass is 464 g/mol. The zero-order chi connectivity index (χ0) is 24.2. The molecule has 1 heterocycles. The minimum atomic E-state index is 0.401. The van der Waals surface area contributed by atoms with Crippen LogP contribution in [0.15, 0.2) is 97.1 Å². The van der Waals surface area contributed by atoms with Gasteiger partial charge in [-0.2, -0.15) is 0 Å². The lowest BCUT2D eigenvalue weighted by molar-refractivity contribution is 0.160. The van der Waals surface area contributed by atoms with Crippen molar-refractivity contribution in [3.05, 3.63) is 108 Å². The third kappa shape index (κ3) is 5.36. The molecule has 0 saturated carbocycles. The Labute approximate surface area is 210 Å². The SMILES string of the molecule is COc1ccc2cc(C[C@@H]3CN(Cc4ccccc4)C[C@H](C(C)C)N3c3ccccc3)ccc2c1. The average Bonchev–Trinajstić information content (AvgIpc) is 2.89. The lowest BCUT2D eigenvalue weighted by atomic mass is 9.91. The van der Waals surface area contributed by atoms with Crippen LogP contribution in [0.3, 0.4) is 0 Å². The van der Waals surface area contributed by atoms with Crippen LogP contribution in [0.2, 0.25) is 0 Å². The Morgan fingerprint density at radius 2 is 1.46 bits per heavy atom. The molecule has 35 heavy (non-hydrogen) atoms. The van der Waals surface area contributed by atoms with E-state index in [9.17, 15) is 0 Å². The molecule has 0 spiro atoms. The van der Waals surface area contributed by atoms with Crippen LogP contribution >= 0.6 is 0 Å². The van der Waals surface area contributed by atoms with Crippen LogP contribution in [-0.4, -0.2) is 37.2 Å². The summed E-state index contributed by atoms with van der Waals surface area (Å²) in [7, 11) is 1.73. The van der Waals surface area contributed by atoms with Gasteiger partial charge in [-0.05, 0) is 58.5 Å². The van der Waals surface area contributed by atoms with Crippen LogP contribution in [0.4, 0.5) is 5.69 Å². The number of methoxy groups -OCH3 is 1. The molecule has 5 rings (SSSR count). The lowest BCUT2D eigenvalue weighted by Gasteiger charge is -2.50. The highest BCUT2D eigenvalue weighted by atomic mass is 16.5. The smallest absolute Gasteiger partial charge is 0.119 e. The number of hydrogen-bond acceptors (Lipinski definition) is 3. The molecule has 0 bridgehead atoms. The summed E-state index contributed by atoms with van der Waals surface area (Å²) >= 11 is 0. The summed E-state index contributed by atoms with van der Waals surface area (Å²) in [5, 5.41) is 2.49. The quantitative estimate of drug-likeness (QED) is 0.299. The first-order valence-corrected chi connectivity index (χ1v) is 12.8. The summed E-state index contributed by atoms with van der Waals surface area (Å²) in [5.74, 6) is 1.46. The van der Waals surface area contributed by atoms with Gasteiger partial charge < -0.3 is 9.64 Å². The zero-order valence-electron chi connectivity index (χ0n) is 21.1. The molecule has 2 atom stereocenters. The summed E-state index contributed by atoms with van der Waals surface area (Å²) in [4.78, 5) is 5.38. The highest BCUT2D eigenvalue weighted by molar-refractivity contribution is 5.84. The fourth-order valence-electron chi connectivity index (χ4n) is 5.55. The number of benzene rings is 4. The van der Waals surface area contributed by atoms with Crippen LogP contribution in [0.25, 0.3) is 10.8 Å². The molecular weight excluding hydrogens is 428 g/mol.